The lowest BCUT2D eigenvalue weighted by molar-refractivity contribution is 0.198. The van der Waals surface area contributed by atoms with Gasteiger partial charge in [0.25, 0.3) is 0 Å². The van der Waals surface area contributed by atoms with Gasteiger partial charge in [0.15, 0.2) is 0 Å². The first kappa shape index (κ1) is 15.1. The Hall–Kier alpha value is -0.280. The lowest BCUT2D eigenvalue weighted by Crippen LogP contribution is -2.36. The van der Waals surface area contributed by atoms with Crippen LogP contribution in [0.2, 0.25) is 10.0 Å². The summed E-state index contributed by atoms with van der Waals surface area (Å²) in [4.78, 5) is 0. The van der Waals surface area contributed by atoms with E-state index in [0.29, 0.717) is 22.0 Å². The molecule has 106 valence electrons. The Morgan fingerprint density at radius 1 is 1.32 bits per heavy atom. The second-order valence-electron chi connectivity index (χ2n) is 5.28. The number of aliphatic hydroxyl groups excluding tert-OH is 1. The highest BCUT2D eigenvalue weighted by molar-refractivity contribution is 6.42. The molecule has 0 heterocycles. The molecule has 0 spiro atoms. The average Bonchev–Trinajstić information content (AvgIpc) is 2.86. The molecule has 1 aliphatic carbocycles. The van der Waals surface area contributed by atoms with Crippen LogP contribution in [-0.2, 0) is 0 Å². The van der Waals surface area contributed by atoms with Crippen molar-refractivity contribution in [3.63, 3.8) is 0 Å². The molecule has 0 aliphatic heterocycles. The Labute approximate surface area is 125 Å². The fourth-order valence-electron chi connectivity index (χ4n) is 2.91. The Morgan fingerprint density at radius 3 is 2.74 bits per heavy atom. The van der Waals surface area contributed by atoms with Crippen LogP contribution in [0.5, 0.6) is 0 Å². The minimum atomic E-state index is 0.270. The molecule has 4 heteroatoms. The van der Waals surface area contributed by atoms with Crippen molar-refractivity contribution in [2.24, 2.45) is 5.92 Å². The topological polar surface area (TPSA) is 32.3 Å². The normalized spacial score (nSPS) is 24.6. The maximum atomic E-state index is 9.39. The summed E-state index contributed by atoms with van der Waals surface area (Å²) in [6.45, 7) is 2.43. The molecule has 1 fully saturated rings. The maximum absolute atomic E-state index is 9.39. The zero-order chi connectivity index (χ0) is 13.8. The largest absolute Gasteiger partial charge is 0.396 e. The maximum Gasteiger partial charge on any atom is 0.0595 e. The van der Waals surface area contributed by atoms with Crippen LogP contribution in [0, 0.1) is 5.92 Å². The van der Waals surface area contributed by atoms with Gasteiger partial charge in [0, 0.05) is 18.7 Å². The van der Waals surface area contributed by atoms with Crippen LogP contribution < -0.4 is 5.32 Å². The van der Waals surface area contributed by atoms with Crippen LogP contribution in [0.25, 0.3) is 0 Å². The number of nitrogens with one attached hydrogen (secondary N) is 1. The van der Waals surface area contributed by atoms with Gasteiger partial charge in [-0.05, 0) is 42.9 Å². The molecule has 1 aromatic carbocycles. The van der Waals surface area contributed by atoms with Crippen molar-refractivity contribution in [1.29, 1.82) is 0 Å². The van der Waals surface area contributed by atoms with Gasteiger partial charge < -0.3 is 10.4 Å². The van der Waals surface area contributed by atoms with Gasteiger partial charge in [0.05, 0.1) is 10.0 Å². The second-order valence-corrected chi connectivity index (χ2v) is 6.10. The molecule has 2 rings (SSSR count). The zero-order valence-electron chi connectivity index (χ0n) is 11.2. The van der Waals surface area contributed by atoms with Crippen LogP contribution in [0.15, 0.2) is 18.2 Å². The fraction of sp³-hybridized carbons (Fsp3) is 0.600. The summed E-state index contributed by atoms with van der Waals surface area (Å²) < 4.78 is 0. The highest BCUT2D eigenvalue weighted by atomic mass is 35.5. The molecule has 1 aromatic rings. The van der Waals surface area contributed by atoms with E-state index < -0.39 is 0 Å². The van der Waals surface area contributed by atoms with Crippen molar-refractivity contribution in [3.8, 4) is 0 Å². The summed E-state index contributed by atoms with van der Waals surface area (Å²) in [5.74, 6) is 0.386. The van der Waals surface area contributed by atoms with Crippen molar-refractivity contribution >= 4 is 23.2 Å². The molecule has 0 aromatic heterocycles. The van der Waals surface area contributed by atoms with E-state index in [9.17, 15) is 5.11 Å². The van der Waals surface area contributed by atoms with E-state index in [4.69, 9.17) is 23.2 Å². The third kappa shape index (κ3) is 3.63. The molecule has 2 N–H and O–H groups in total. The van der Waals surface area contributed by atoms with E-state index in [2.05, 4.69) is 12.2 Å². The standard InChI is InChI=1S/C15H21Cl2NO/c1-2-14(10-6-7-12(16)13(17)8-10)18-15-5-3-4-11(15)9-19/h6-8,11,14-15,18-19H,2-5,9H2,1H3. The number of aliphatic hydroxyl groups is 1. The summed E-state index contributed by atoms with van der Waals surface area (Å²) in [5.41, 5.74) is 1.17. The van der Waals surface area contributed by atoms with Gasteiger partial charge in [0.2, 0.25) is 0 Å². The van der Waals surface area contributed by atoms with Crippen LogP contribution in [-0.4, -0.2) is 17.8 Å². The quantitative estimate of drug-likeness (QED) is 0.854. The van der Waals surface area contributed by atoms with Gasteiger partial charge in [-0.3, -0.25) is 0 Å². The van der Waals surface area contributed by atoms with Gasteiger partial charge >= 0.3 is 0 Å². The van der Waals surface area contributed by atoms with Gasteiger partial charge in [-0.25, -0.2) is 0 Å². The van der Waals surface area contributed by atoms with Crippen molar-refractivity contribution in [2.75, 3.05) is 6.61 Å². The number of hydrogen-bond acceptors (Lipinski definition) is 2. The van der Waals surface area contributed by atoms with Crippen molar-refractivity contribution in [1.82, 2.24) is 5.32 Å². The average molecular weight is 302 g/mol. The van der Waals surface area contributed by atoms with E-state index in [1.165, 1.54) is 12.0 Å². The van der Waals surface area contributed by atoms with Crippen LogP contribution in [0.1, 0.15) is 44.2 Å². The predicted molar refractivity (Wildman–Crippen MR) is 80.8 cm³/mol. The molecule has 1 aliphatic rings. The predicted octanol–water partition coefficient (Wildman–Crippen LogP) is 4.20. The molecular weight excluding hydrogens is 281 g/mol. The van der Waals surface area contributed by atoms with Gasteiger partial charge in [0.1, 0.15) is 0 Å². The van der Waals surface area contributed by atoms with E-state index in [-0.39, 0.29) is 12.6 Å². The smallest absolute Gasteiger partial charge is 0.0595 e. The molecule has 0 radical (unpaired) electrons. The summed E-state index contributed by atoms with van der Waals surface area (Å²) in [7, 11) is 0. The number of rotatable bonds is 5. The molecule has 3 unspecified atom stereocenters. The molecule has 1 saturated carbocycles. The fourth-order valence-corrected chi connectivity index (χ4v) is 3.22. The first-order valence-corrected chi connectivity index (χ1v) is 7.73. The molecule has 2 nitrogen and oxygen atoms in total. The Bertz CT molecular complexity index is 425. The number of benzene rings is 1. The van der Waals surface area contributed by atoms with E-state index in [0.717, 1.165) is 19.3 Å². The second kappa shape index (κ2) is 6.94. The minimum Gasteiger partial charge on any atom is -0.396 e. The lowest BCUT2D eigenvalue weighted by Gasteiger charge is -2.26. The number of halogens is 2. The van der Waals surface area contributed by atoms with Crippen molar-refractivity contribution in [3.05, 3.63) is 33.8 Å². The molecule has 0 bridgehead atoms. The summed E-state index contributed by atoms with van der Waals surface area (Å²) in [6.07, 6.45) is 4.45. The van der Waals surface area contributed by atoms with E-state index >= 15 is 0 Å². The molecular formula is C15H21Cl2NO. The van der Waals surface area contributed by atoms with E-state index in [1.807, 2.05) is 18.2 Å². The Morgan fingerprint density at radius 2 is 2.11 bits per heavy atom. The lowest BCUT2D eigenvalue weighted by atomic mass is 9.99. The Balaban J connectivity index is 2.09. The monoisotopic (exact) mass is 301 g/mol. The van der Waals surface area contributed by atoms with E-state index in [1.54, 1.807) is 0 Å². The highest BCUT2D eigenvalue weighted by Crippen LogP contribution is 2.31. The van der Waals surface area contributed by atoms with Crippen molar-refractivity contribution < 1.29 is 5.11 Å². The van der Waals surface area contributed by atoms with Gasteiger partial charge in [-0.15, -0.1) is 0 Å². The summed E-state index contributed by atoms with van der Waals surface area (Å²) >= 11 is 12.0. The summed E-state index contributed by atoms with van der Waals surface area (Å²) in [6, 6.07) is 6.49. The molecule has 19 heavy (non-hydrogen) atoms. The van der Waals surface area contributed by atoms with Gasteiger partial charge in [-0.1, -0.05) is 42.6 Å². The Kier molecular flexibility index (Phi) is 5.52. The molecule has 3 atom stereocenters. The van der Waals surface area contributed by atoms with Crippen LogP contribution in [0.4, 0.5) is 0 Å². The third-order valence-electron chi connectivity index (χ3n) is 4.06. The molecule has 0 amide bonds. The molecule has 0 saturated heterocycles. The highest BCUT2D eigenvalue weighted by Gasteiger charge is 2.28. The first-order chi connectivity index (χ1) is 9.15. The van der Waals surface area contributed by atoms with Crippen LogP contribution in [0.3, 0.4) is 0 Å². The SMILES string of the molecule is CCC(NC1CCCC1CO)c1ccc(Cl)c(Cl)c1. The zero-order valence-corrected chi connectivity index (χ0v) is 12.7. The number of hydrogen-bond donors (Lipinski definition) is 2. The third-order valence-corrected chi connectivity index (χ3v) is 4.80. The van der Waals surface area contributed by atoms with Crippen molar-refractivity contribution in [2.45, 2.75) is 44.7 Å². The first-order valence-electron chi connectivity index (χ1n) is 6.97. The van der Waals surface area contributed by atoms with Crippen LogP contribution >= 0.6 is 23.2 Å². The minimum absolute atomic E-state index is 0.270. The van der Waals surface area contributed by atoms with Gasteiger partial charge in [-0.2, -0.15) is 0 Å². The summed E-state index contributed by atoms with van der Waals surface area (Å²) in [5, 5.41) is 14.3.